The van der Waals surface area contributed by atoms with Crippen LogP contribution in [0.4, 0.5) is 14.5 Å². The number of benzene rings is 1. The average molecular weight is 331 g/mol. The molecule has 0 aliphatic carbocycles. The van der Waals surface area contributed by atoms with Crippen LogP contribution in [0.3, 0.4) is 0 Å². The van der Waals surface area contributed by atoms with Crippen molar-refractivity contribution in [3.8, 4) is 11.5 Å². The van der Waals surface area contributed by atoms with Crippen LogP contribution >= 0.6 is 31.9 Å². The van der Waals surface area contributed by atoms with E-state index in [1.165, 1.54) is 6.07 Å². The fourth-order valence-corrected chi connectivity index (χ4v) is 2.19. The number of nitrogen functional groups attached to an aromatic ring is 1. The van der Waals surface area contributed by atoms with Crippen LogP contribution in [0.2, 0.25) is 0 Å². The van der Waals surface area contributed by atoms with Crippen molar-refractivity contribution in [3.05, 3.63) is 15.0 Å². The Balaban J connectivity index is 2.59. The largest absolute Gasteiger partial charge is 0.586 e. The third kappa shape index (κ3) is 1.44. The van der Waals surface area contributed by atoms with Crippen LogP contribution in [0.1, 0.15) is 0 Å². The molecule has 76 valence electrons. The monoisotopic (exact) mass is 329 g/mol. The first-order valence-corrected chi connectivity index (χ1v) is 5.02. The summed E-state index contributed by atoms with van der Waals surface area (Å²) in [5, 5.41) is 0. The van der Waals surface area contributed by atoms with Gasteiger partial charge >= 0.3 is 6.29 Å². The van der Waals surface area contributed by atoms with Crippen molar-refractivity contribution in [1.29, 1.82) is 0 Å². The molecule has 2 N–H and O–H groups in total. The Morgan fingerprint density at radius 3 is 2.57 bits per heavy atom. The molecule has 2 rings (SSSR count). The molecule has 3 nitrogen and oxygen atoms in total. The number of anilines is 1. The van der Waals surface area contributed by atoms with Crippen LogP contribution in [0, 0.1) is 0 Å². The lowest BCUT2D eigenvalue weighted by molar-refractivity contribution is -0.286. The molecule has 0 amide bonds. The van der Waals surface area contributed by atoms with E-state index < -0.39 is 6.29 Å². The van der Waals surface area contributed by atoms with E-state index in [2.05, 4.69) is 41.3 Å². The lowest BCUT2D eigenvalue weighted by Gasteiger charge is -2.05. The lowest BCUT2D eigenvalue weighted by Crippen LogP contribution is -2.26. The topological polar surface area (TPSA) is 44.5 Å². The van der Waals surface area contributed by atoms with E-state index in [4.69, 9.17) is 5.73 Å². The zero-order valence-corrected chi connectivity index (χ0v) is 9.66. The molecule has 0 unspecified atom stereocenters. The number of rotatable bonds is 0. The second kappa shape index (κ2) is 2.96. The van der Waals surface area contributed by atoms with Gasteiger partial charge in [0.15, 0.2) is 11.5 Å². The SMILES string of the molecule is Nc1c(Br)cc2c(c1Br)OC(F)(F)O2. The van der Waals surface area contributed by atoms with Gasteiger partial charge in [0, 0.05) is 10.5 Å². The molecule has 1 aromatic carbocycles. The van der Waals surface area contributed by atoms with Gasteiger partial charge in [-0.2, -0.15) is 0 Å². The molecule has 0 saturated heterocycles. The fourth-order valence-electron chi connectivity index (χ4n) is 1.03. The summed E-state index contributed by atoms with van der Waals surface area (Å²) < 4.78 is 34.5. The van der Waals surface area contributed by atoms with E-state index in [0.717, 1.165) is 0 Å². The van der Waals surface area contributed by atoms with Crippen LogP contribution in [0.15, 0.2) is 15.0 Å². The van der Waals surface area contributed by atoms with Crippen LogP contribution in [0.25, 0.3) is 0 Å². The molecule has 14 heavy (non-hydrogen) atoms. The van der Waals surface area contributed by atoms with E-state index in [9.17, 15) is 8.78 Å². The average Bonchev–Trinajstić information content (AvgIpc) is 2.37. The predicted molar refractivity (Wildman–Crippen MR) is 52.5 cm³/mol. The molecular weight excluding hydrogens is 328 g/mol. The van der Waals surface area contributed by atoms with E-state index in [-0.39, 0.29) is 21.7 Å². The Hall–Kier alpha value is -0.560. The highest BCUT2D eigenvalue weighted by atomic mass is 79.9. The van der Waals surface area contributed by atoms with Gasteiger partial charge < -0.3 is 15.2 Å². The van der Waals surface area contributed by atoms with Gasteiger partial charge in [-0.1, -0.05) is 0 Å². The number of halogens is 4. The molecule has 0 spiro atoms. The van der Waals surface area contributed by atoms with Gasteiger partial charge in [0.05, 0.1) is 10.2 Å². The molecule has 0 bridgehead atoms. The van der Waals surface area contributed by atoms with Gasteiger partial charge in [-0.15, -0.1) is 8.78 Å². The van der Waals surface area contributed by atoms with Crippen molar-refractivity contribution >= 4 is 37.5 Å². The van der Waals surface area contributed by atoms with Crippen molar-refractivity contribution in [2.75, 3.05) is 5.73 Å². The maximum absolute atomic E-state index is 12.7. The van der Waals surface area contributed by atoms with Gasteiger partial charge in [-0.25, -0.2) is 0 Å². The van der Waals surface area contributed by atoms with E-state index >= 15 is 0 Å². The summed E-state index contributed by atoms with van der Waals surface area (Å²) in [5.41, 5.74) is 5.85. The lowest BCUT2D eigenvalue weighted by atomic mass is 10.3. The summed E-state index contributed by atoms with van der Waals surface area (Å²) in [6, 6.07) is 1.33. The normalized spacial score (nSPS) is 17.1. The molecule has 1 heterocycles. The number of ether oxygens (including phenoxy) is 2. The summed E-state index contributed by atoms with van der Waals surface area (Å²) in [6.07, 6.45) is -3.63. The van der Waals surface area contributed by atoms with Gasteiger partial charge in [-0.05, 0) is 31.9 Å². The smallest absolute Gasteiger partial charge is 0.397 e. The Morgan fingerprint density at radius 1 is 1.29 bits per heavy atom. The zero-order chi connectivity index (χ0) is 10.5. The minimum atomic E-state index is -3.63. The third-order valence-corrected chi connectivity index (χ3v) is 3.07. The van der Waals surface area contributed by atoms with Crippen molar-refractivity contribution < 1.29 is 18.3 Å². The van der Waals surface area contributed by atoms with Crippen molar-refractivity contribution in [2.24, 2.45) is 0 Å². The van der Waals surface area contributed by atoms with Crippen molar-refractivity contribution in [2.45, 2.75) is 6.29 Å². The highest BCUT2D eigenvalue weighted by Gasteiger charge is 2.45. The molecule has 7 heteroatoms. The van der Waals surface area contributed by atoms with Gasteiger partial charge in [-0.3, -0.25) is 0 Å². The molecule has 1 aromatic rings. The van der Waals surface area contributed by atoms with Crippen molar-refractivity contribution in [1.82, 2.24) is 0 Å². The minimum absolute atomic E-state index is 0.0528. The fraction of sp³-hybridized carbons (Fsp3) is 0.143. The van der Waals surface area contributed by atoms with E-state index in [1.807, 2.05) is 0 Å². The second-order valence-corrected chi connectivity index (χ2v) is 4.23. The molecule has 0 radical (unpaired) electrons. The standard InChI is InChI=1S/C7H3Br2F2NO2/c8-2-1-3-6(4(9)5(2)12)14-7(10,11)13-3/h1H,12H2. The maximum Gasteiger partial charge on any atom is 0.586 e. The van der Waals surface area contributed by atoms with Crippen molar-refractivity contribution in [3.63, 3.8) is 0 Å². The number of nitrogens with two attached hydrogens (primary N) is 1. The van der Waals surface area contributed by atoms with Gasteiger partial charge in [0.25, 0.3) is 0 Å². The summed E-state index contributed by atoms with van der Waals surface area (Å²) in [4.78, 5) is 0. The molecule has 1 aliphatic rings. The Kier molecular flexibility index (Phi) is 2.11. The first-order valence-electron chi connectivity index (χ1n) is 3.44. The number of hydrogen-bond donors (Lipinski definition) is 1. The molecule has 0 atom stereocenters. The highest BCUT2D eigenvalue weighted by Crippen LogP contribution is 2.50. The Morgan fingerprint density at radius 2 is 1.93 bits per heavy atom. The summed E-state index contributed by atoms with van der Waals surface area (Å²) in [7, 11) is 0. The Bertz CT molecular complexity index is 411. The van der Waals surface area contributed by atoms with E-state index in [1.54, 1.807) is 0 Å². The molecule has 0 aromatic heterocycles. The van der Waals surface area contributed by atoms with Gasteiger partial charge in [0.2, 0.25) is 0 Å². The van der Waals surface area contributed by atoms with Crippen LogP contribution in [0.5, 0.6) is 11.5 Å². The maximum atomic E-state index is 12.7. The molecule has 1 aliphatic heterocycles. The van der Waals surface area contributed by atoms with E-state index in [0.29, 0.717) is 4.47 Å². The zero-order valence-electron chi connectivity index (χ0n) is 6.48. The second-order valence-electron chi connectivity index (χ2n) is 2.58. The minimum Gasteiger partial charge on any atom is -0.397 e. The summed E-state index contributed by atoms with van der Waals surface area (Å²) in [6.45, 7) is 0. The number of hydrogen-bond acceptors (Lipinski definition) is 3. The highest BCUT2D eigenvalue weighted by molar-refractivity contribution is 9.11. The molecular formula is C7H3Br2F2NO2. The first-order chi connectivity index (χ1) is 6.41. The number of fused-ring (bicyclic) bond motifs is 1. The summed E-state index contributed by atoms with van der Waals surface area (Å²) >= 11 is 6.14. The molecule has 0 fully saturated rings. The van der Waals surface area contributed by atoms with Crippen LogP contribution in [-0.4, -0.2) is 6.29 Å². The quantitative estimate of drug-likeness (QED) is 0.743. The molecule has 0 saturated carbocycles. The summed E-state index contributed by atoms with van der Waals surface area (Å²) in [5.74, 6) is -0.140. The van der Waals surface area contributed by atoms with Gasteiger partial charge in [0.1, 0.15) is 0 Å². The first kappa shape index (κ1) is 9.97. The van der Waals surface area contributed by atoms with Crippen LogP contribution in [-0.2, 0) is 0 Å². The Labute approximate surface area is 94.4 Å². The number of alkyl halides is 2. The third-order valence-electron chi connectivity index (χ3n) is 1.62. The van der Waals surface area contributed by atoms with Crippen LogP contribution < -0.4 is 15.2 Å². The predicted octanol–water partition coefficient (Wildman–Crippen LogP) is 3.12.